The quantitative estimate of drug-likeness (QED) is 0.104. The van der Waals surface area contributed by atoms with Gasteiger partial charge in [-0.15, -0.1) is 17.0 Å². The SMILES string of the molecule is Br.Cc1cccn2c(=N)n(CC(=O)c3cc(C(C)(C)C)c(O)c(C(C)(C)C)c3)cc12.Cc1cccn2c(=N)n(CC(=O)c3cc(C(C)(C)C)c(O)c(C(C)(C)C)c3)cc12.O=C(O)C(F)(F)F. The molecule has 0 saturated carbocycles. The van der Waals surface area contributed by atoms with E-state index < -0.39 is 12.1 Å². The molecule has 0 aliphatic carbocycles. The molecular formula is C50H64BrF3N6O6. The molecule has 0 bridgehead atoms. The van der Waals surface area contributed by atoms with E-state index in [2.05, 4.69) is 0 Å². The molecule has 0 unspecified atom stereocenters. The van der Waals surface area contributed by atoms with E-state index >= 15 is 0 Å². The number of phenolic OH excluding ortho intramolecular Hbond substituents is 2. The summed E-state index contributed by atoms with van der Waals surface area (Å²) >= 11 is 0. The monoisotopic (exact) mass is 980 g/mol. The van der Waals surface area contributed by atoms with Crippen molar-refractivity contribution >= 4 is 45.6 Å². The minimum Gasteiger partial charge on any atom is -0.507 e. The zero-order valence-corrected chi connectivity index (χ0v) is 42.0. The summed E-state index contributed by atoms with van der Waals surface area (Å²) in [5, 5.41) is 45.7. The number of carbonyl (C=O) groups excluding carboxylic acids is 2. The molecular weight excluding hydrogens is 917 g/mol. The van der Waals surface area contributed by atoms with Gasteiger partial charge in [0, 0.05) is 58.2 Å². The molecule has 0 fully saturated rings. The van der Waals surface area contributed by atoms with Crippen molar-refractivity contribution in [3.05, 3.63) is 129 Å². The Morgan fingerprint density at radius 2 is 0.818 bits per heavy atom. The number of carboxylic acid groups (broad SMARTS) is 1. The van der Waals surface area contributed by atoms with Crippen molar-refractivity contribution in [1.82, 2.24) is 17.9 Å². The highest BCUT2D eigenvalue weighted by atomic mass is 79.9. The lowest BCUT2D eigenvalue weighted by Gasteiger charge is -2.28. The number of carboxylic acids is 1. The first-order valence-corrected chi connectivity index (χ1v) is 21.1. The summed E-state index contributed by atoms with van der Waals surface area (Å²) in [6.07, 6.45) is 2.29. The molecule has 0 radical (unpaired) electrons. The third kappa shape index (κ3) is 12.3. The van der Waals surface area contributed by atoms with Crippen LogP contribution in [0.4, 0.5) is 13.2 Å². The smallest absolute Gasteiger partial charge is 0.490 e. The predicted molar refractivity (Wildman–Crippen MR) is 256 cm³/mol. The van der Waals surface area contributed by atoms with Gasteiger partial charge < -0.3 is 24.5 Å². The van der Waals surface area contributed by atoms with Crippen LogP contribution in [-0.2, 0) is 39.5 Å². The van der Waals surface area contributed by atoms with Crippen molar-refractivity contribution in [1.29, 1.82) is 10.8 Å². The summed E-state index contributed by atoms with van der Waals surface area (Å²) in [7, 11) is 0. The van der Waals surface area contributed by atoms with Gasteiger partial charge in [-0.3, -0.25) is 29.2 Å². The van der Waals surface area contributed by atoms with Crippen LogP contribution < -0.4 is 11.2 Å². The van der Waals surface area contributed by atoms with Gasteiger partial charge in [0.2, 0.25) is 11.2 Å². The Labute approximate surface area is 394 Å². The van der Waals surface area contributed by atoms with Crippen LogP contribution in [0, 0.1) is 24.7 Å². The van der Waals surface area contributed by atoms with E-state index in [1.807, 2.05) is 146 Å². The highest BCUT2D eigenvalue weighted by Gasteiger charge is 2.38. The Kier molecular flexibility index (Phi) is 16.1. The van der Waals surface area contributed by atoms with Gasteiger partial charge in [0.1, 0.15) is 11.5 Å². The maximum absolute atomic E-state index is 13.2. The molecule has 0 saturated heterocycles. The Morgan fingerprint density at radius 1 is 0.561 bits per heavy atom. The van der Waals surface area contributed by atoms with Crippen molar-refractivity contribution in [3.8, 4) is 11.5 Å². The molecule has 12 nitrogen and oxygen atoms in total. The Hall–Kier alpha value is -5.90. The standard InChI is InChI=1S/2C24H31N3O2.C2HF3O2.BrH/c2*1-15-9-8-10-27-19(15)13-26(22(27)25)14-20(28)16-11-17(23(2,3)4)21(29)18(12-16)24(5,6)7;3-2(4,5)1(6)7;/h2*8-13,25,29H,14H2,1-7H3;(H,6,7);1H. The normalized spacial score (nSPS) is 12.2. The van der Waals surface area contributed by atoms with E-state index in [0.29, 0.717) is 11.1 Å². The van der Waals surface area contributed by atoms with Crippen molar-refractivity contribution in [2.24, 2.45) is 0 Å². The van der Waals surface area contributed by atoms with E-state index in [0.717, 1.165) is 44.4 Å². The number of phenols is 2. The van der Waals surface area contributed by atoms with Crippen LogP contribution in [-0.4, -0.2) is 57.0 Å². The number of carbonyl (C=O) groups is 3. The molecule has 0 aliphatic heterocycles. The highest BCUT2D eigenvalue weighted by molar-refractivity contribution is 8.93. The number of ketones is 2. The van der Waals surface area contributed by atoms with E-state index in [4.69, 9.17) is 20.7 Å². The highest BCUT2D eigenvalue weighted by Crippen LogP contribution is 2.41. The van der Waals surface area contributed by atoms with E-state index in [1.54, 1.807) is 42.2 Å². The largest absolute Gasteiger partial charge is 0.507 e. The molecule has 0 amide bonds. The molecule has 0 spiro atoms. The first kappa shape index (κ1) is 54.4. The van der Waals surface area contributed by atoms with Crippen molar-refractivity contribution in [2.45, 2.75) is 138 Å². The average Bonchev–Trinajstić information content (AvgIpc) is 3.66. The van der Waals surface area contributed by atoms with Crippen LogP contribution in [0.1, 0.15) is 137 Å². The number of halogens is 4. The molecule has 5 N–H and O–H groups in total. The second-order valence-electron chi connectivity index (χ2n) is 20.5. The van der Waals surface area contributed by atoms with Crippen LogP contribution >= 0.6 is 17.0 Å². The number of rotatable bonds is 6. The van der Waals surface area contributed by atoms with Crippen molar-refractivity contribution in [3.63, 3.8) is 0 Å². The number of Topliss-reactive ketones (excluding diaryl/α,β-unsaturated/α-hetero) is 2. The molecule has 66 heavy (non-hydrogen) atoms. The number of aromatic hydroxyl groups is 2. The van der Waals surface area contributed by atoms with Crippen LogP contribution in [0.15, 0.2) is 73.3 Å². The number of pyridine rings is 2. The van der Waals surface area contributed by atoms with E-state index in [9.17, 15) is 33.0 Å². The number of aromatic nitrogens is 4. The first-order chi connectivity index (χ1) is 29.5. The van der Waals surface area contributed by atoms with Crippen LogP contribution in [0.2, 0.25) is 0 Å². The number of hydrogen-bond acceptors (Lipinski definition) is 7. The zero-order chi connectivity index (χ0) is 49.5. The molecule has 6 rings (SSSR count). The molecule has 0 aliphatic rings. The predicted octanol–water partition coefficient (Wildman–Crippen LogP) is 10.6. The third-order valence-corrected chi connectivity index (χ3v) is 11.0. The number of benzene rings is 2. The fraction of sp³-hybridized carbons (Fsp3) is 0.420. The lowest BCUT2D eigenvalue weighted by Crippen LogP contribution is -2.25. The van der Waals surface area contributed by atoms with Gasteiger partial charge >= 0.3 is 12.1 Å². The molecule has 6 aromatic rings. The van der Waals surface area contributed by atoms with Crippen molar-refractivity contribution < 1.29 is 42.9 Å². The molecule has 2 aromatic carbocycles. The molecule has 16 heteroatoms. The Morgan fingerprint density at radius 3 is 1.03 bits per heavy atom. The van der Waals surface area contributed by atoms with Crippen LogP contribution in [0.3, 0.4) is 0 Å². The minimum absolute atomic E-state index is 0. The summed E-state index contributed by atoms with van der Waals surface area (Å²) < 4.78 is 38.6. The van der Waals surface area contributed by atoms with Gasteiger partial charge in [0.05, 0.1) is 24.1 Å². The fourth-order valence-corrected chi connectivity index (χ4v) is 7.26. The fourth-order valence-electron chi connectivity index (χ4n) is 7.26. The van der Waals surface area contributed by atoms with Gasteiger partial charge in [-0.05, 0) is 83.0 Å². The number of hydrogen-bond donors (Lipinski definition) is 5. The minimum atomic E-state index is -5.08. The number of nitrogens with zero attached hydrogens (tertiary/aromatic N) is 4. The van der Waals surface area contributed by atoms with Gasteiger partial charge in [-0.2, -0.15) is 13.2 Å². The average molecular weight is 982 g/mol. The molecule has 358 valence electrons. The summed E-state index contributed by atoms with van der Waals surface area (Å²) in [6.45, 7) is 28.5. The Bertz CT molecular complexity index is 2650. The topological polar surface area (TPSA) is 178 Å². The molecule has 4 heterocycles. The van der Waals surface area contributed by atoms with Gasteiger partial charge in [-0.1, -0.05) is 95.2 Å². The lowest BCUT2D eigenvalue weighted by atomic mass is 9.78. The summed E-state index contributed by atoms with van der Waals surface area (Å²) in [5.41, 5.74) is 7.50. The second-order valence-corrected chi connectivity index (χ2v) is 20.5. The van der Waals surface area contributed by atoms with E-state index in [-0.39, 0.29) is 86.0 Å². The zero-order valence-electron chi connectivity index (χ0n) is 40.2. The maximum atomic E-state index is 13.2. The van der Waals surface area contributed by atoms with Gasteiger partial charge in [-0.25, -0.2) is 4.79 Å². The number of fused-ring (bicyclic) bond motifs is 2. The van der Waals surface area contributed by atoms with Gasteiger partial charge in [0.15, 0.2) is 11.6 Å². The maximum Gasteiger partial charge on any atom is 0.490 e. The van der Waals surface area contributed by atoms with E-state index in [1.165, 1.54) is 0 Å². The third-order valence-electron chi connectivity index (χ3n) is 11.0. The summed E-state index contributed by atoms with van der Waals surface area (Å²) in [6, 6.07) is 15.0. The number of aliphatic carboxylic acids is 1. The lowest BCUT2D eigenvalue weighted by molar-refractivity contribution is -0.192. The summed E-state index contributed by atoms with van der Waals surface area (Å²) in [5.74, 6) is -2.38. The molecule has 0 atom stereocenters. The number of alkyl halides is 3. The Balaban J connectivity index is 0.000000302. The number of aryl methyl sites for hydroxylation is 2. The number of nitrogens with one attached hydrogen (secondary N) is 2. The second kappa shape index (κ2) is 19.5. The van der Waals surface area contributed by atoms with Crippen LogP contribution in [0.25, 0.3) is 11.0 Å². The first-order valence-electron chi connectivity index (χ1n) is 21.1. The molecule has 4 aromatic heterocycles. The summed E-state index contributed by atoms with van der Waals surface area (Å²) in [4.78, 5) is 35.3. The van der Waals surface area contributed by atoms with Crippen LogP contribution in [0.5, 0.6) is 11.5 Å². The number of imidazole rings is 2. The van der Waals surface area contributed by atoms with Gasteiger partial charge in [0.25, 0.3) is 0 Å². The van der Waals surface area contributed by atoms with Crippen molar-refractivity contribution in [2.75, 3.05) is 0 Å².